The summed E-state index contributed by atoms with van der Waals surface area (Å²) in [4.78, 5) is 14.3. The molecular weight excluding hydrogens is 336 g/mol. The van der Waals surface area contributed by atoms with Gasteiger partial charge >= 0.3 is 0 Å². The van der Waals surface area contributed by atoms with E-state index in [1.165, 1.54) is 0 Å². The predicted octanol–water partition coefficient (Wildman–Crippen LogP) is 3.68. The Bertz CT molecular complexity index is 849. The number of hydrogen-bond acceptors (Lipinski definition) is 7. The molecule has 0 unspecified atom stereocenters. The molecule has 1 saturated heterocycles. The molecule has 0 spiro atoms. The van der Waals surface area contributed by atoms with Crippen molar-refractivity contribution in [2.75, 3.05) is 25.1 Å². The SMILES string of the molecule is Cc1cc(Nc2ncc(-c3ccccn3)s2)nc(OCC2COC2)c1. The molecule has 128 valence electrons. The van der Waals surface area contributed by atoms with Crippen LogP contribution < -0.4 is 10.1 Å². The number of nitrogens with one attached hydrogen (secondary N) is 1. The number of pyridine rings is 2. The number of thiazole rings is 1. The Morgan fingerprint density at radius 1 is 1.28 bits per heavy atom. The van der Waals surface area contributed by atoms with Crippen LogP contribution in [0.5, 0.6) is 5.88 Å². The minimum absolute atomic E-state index is 0.471. The van der Waals surface area contributed by atoms with Gasteiger partial charge in [-0.05, 0) is 30.7 Å². The highest BCUT2D eigenvalue weighted by Crippen LogP contribution is 2.29. The van der Waals surface area contributed by atoms with Crippen molar-refractivity contribution >= 4 is 22.3 Å². The summed E-state index contributed by atoms with van der Waals surface area (Å²) in [5.74, 6) is 1.82. The minimum Gasteiger partial charge on any atom is -0.477 e. The monoisotopic (exact) mass is 354 g/mol. The molecule has 0 saturated carbocycles. The molecule has 6 nitrogen and oxygen atoms in total. The van der Waals surface area contributed by atoms with Crippen molar-refractivity contribution in [3.63, 3.8) is 0 Å². The van der Waals surface area contributed by atoms with Gasteiger partial charge < -0.3 is 14.8 Å². The van der Waals surface area contributed by atoms with E-state index in [1.807, 2.05) is 43.5 Å². The zero-order valence-electron chi connectivity index (χ0n) is 13.8. The zero-order valence-corrected chi connectivity index (χ0v) is 14.6. The van der Waals surface area contributed by atoms with Crippen molar-refractivity contribution in [3.8, 4) is 16.5 Å². The van der Waals surface area contributed by atoms with E-state index in [1.54, 1.807) is 17.5 Å². The first-order valence-corrected chi connectivity index (χ1v) is 8.91. The van der Waals surface area contributed by atoms with Gasteiger partial charge in [0.15, 0.2) is 5.13 Å². The maximum absolute atomic E-state index is 5.79. The Labute approximate surface area is 149 Å². The standard InChI is InChI=1S/C18H18N4O2S/c1-12-6-16(21-17(7-12)24-11-13-9-23-10-13)22-18-20-8-15(25-18)14-4-2-3-5-19-14/h2-8,13H,9-11H2,1H3,(H,20,21,22). The maximum atomic E-state index is 5.79. The fourth-order valence-electron chi connectivity index (χ4n) is 2.43. The fourth-order valence-corrected chi connectivity index (χ4v) is 3.23. The van der Waals surface area contributed by atoms with E-state index in [9.17, 15) is 0 Å². The average Bonchev–Trinajstić information content (AvgIpc) is 3.02. The highest BCUT2D eigenvalue weighted by molar-refractivity contribution is 7.18. The van der Waals surface area contributed by atoms with Gasteiger partial charge in [-0.1, -0.05) is 17.4 Å². The molecule has 0 bridgehead atoms. The molecule has 7 heteroatoms. The number of ether oxygens (including phenoxy) is 2. The van der Waals surface area contributed by atoms with Crippen LogP contribution in [0.15, 0.2) is 42.7 Å². The number of aryl methyl sites for hydroxylation is 1. The summed E-state index contributed by atoms with van der Waals surface area (Å²) < 4.78 is 10.9. The normalized spacial score (nSPS) is 14.1. The van der Waals surface area contributed by atoms with E-state index < -0.39 is 0 Å². The Morgan fingerprint density at radius 2 is 2.20 bits per heavy atom. The topological polar surface area (TPSA) is 69.2 Å². The number of anilines is 2. The van der Waals surface area contributed by atoms with E-state index in [0.717, 1.165) is 40.3 Å². The summed E-state index contributed by atoms with van der Waals surface area (Å²) in [5.41, 5.74) is 2.00. The van der Waals surface area contributed by atoms with Crippen molar-refractivity contribution in [2.45, 2.75) is 6.92 Å². The van der Waals surface area contributed by atoms with Gasteiger partial charge in [-0.25, -0.2) is 4.98 Å². The minimum atomic E-state index is 0.471. The third-order valence-electron chi connectivity index (χ3n) is 3.78. The first-order valence-electron chi connectivity index (χ1n) is 8.10. The van der Waals surface area contributed by atoms with Gasteiger partial charge in [0, 0.05) is 24.4 Å². The smallest absolute Gasteiger partial charge is 0.215 e. The summed E-state index contributed by atoms with van der Waals surface area (Å²) in [5, 5.41) is 4.03. The third-order valence-corrected chi connectivity index (χ3v) is 4.71. The zero-order chi connectivity index (χ0) is 17.1. The van der Waals surface area contributed by atoms with Gasteiger partial charge in [0.25, 0.3) is 0 Å². The van der Waals surface area contributed by atoms with E-state index >= 15 is 0 Å². The Balaban J connectivity index is 1.46. The average molecular weight is 354 g/mol. The van der Waals surface area contributed by atoms with E-state index in [-0.39, 0.29) is 0 Å². The van der Waals surface area contributed by atoms with Crippen LogP contribution >= 0.6 is 11.3 Å². The largest absolute Gasteiger partial charge is 0.477 e. The Hall–Kier alpha value is -2.51. The molecule has 3 aromatic rings. The fraction of sp³-hybridized carbons (Fsp3) is 0.278. The van der Waals surface area contributed by atoms with Crippen LogP contribution in [-0.4, -0.2) is 34.8 Å². The number of rotatable bonds is 6. The van der Waals surface area contributed by atoms with Crippen LogP contribution in [0.3, 0.4) is 0 Å². The lowest BCUT2D eigenvalue weighted by Gasteiger charge is -2.25. The Kier molecular flexibility index (Phi) is 4.58. The summed E-state index contributed by atoms with van der Waals surface area (Å²) in [7, 11) is 0. The lowest BCUT2D eigenvalue weighted by molar-refractivity contribution is -0.0514. The molecule has 1 fully saturated rings. The lowest BCUT2D eigenvalue weighted by Crippen LogP contribution is -2.32. The first kappa shape index (κ1) is 16.0. The molecule has 1 N–H and O–H groups in total. The molecule has 0 aromatic carbocycles. The molecule has 0 amide bonds. The van der Waals surface area contributed by atoms with Crippen LogP contribution in [-0.2, 0) is 4.74 Å². The summed E-state index contributed by atoms with van der Waals surface area (Å²) in [6, 6.07) is 9.75. The van der Waals surface area contributed by atoms with Gasteiger partial charge in [-0.15, -0.1) is 0 Å². The molecule has 4 rings (SSSR count). The summed E-state index contributed by atoms with van der Waals surface area (Å²) in [6.07, 6.45) is 3.60. The highest BCUT2D eigenvalue weighted by atomic mass is 32.1. The summed E-state index contributed by atoms with van der Waals surface area (Å²) >= 11 is 1.54. The van der Waals surface area contributed by atoms with Crippen LogP contribution in [0.1, 0.15) is 5.56 Å². The second kappa shape index (κ2) is 7.16. The molecule has 0 radical (unpaired) electrons. The third kappa shape index (κ3) is 3.94. The van der Waals surface area contributed by atoms with Gasteiger partial charge in [-0.3, -0.25) is 4.98 Å². The molecule has 3 aromatic heterocycles. The van der Waals surface area contributed by atoms with Crippen molar-refractivity contribution in [1.82, 2.24) is 15.0 Å². The molecule has 4 heterocycles. The molecule has 1 aliphatic rings. The van der Waals surface area contributed by atoms with E-state index in [0.29, 0.717) is 18.4 Å². The van der Waals surface area contributed by atoms with Gasteiger partial charge in [0.1, 0.15) is 5.82 Å². The van der Waals surface area contributed by atoms with Crippen molar-refractivity contribution in [1.29, 1.82) is 0 Å². The van der Waals surface area contributed by atoms with Crippen molar-refractivity contribution in [2.24, 2.45) is 5.92 Å². The molecule has 0 atom stereocenters. The van der Waals surface area contributed by atoms with Crippen LogP contribution in [0.2, 0.25) is 0 Å². The van der Waals surface area contributed by atoms with E-state index in [2.05, 4.69) is 20.3 Å². The van der Waals surface area contributed by atoms with Crippen molar-refractivity contribution < 1.29 is 9.47 Å². The molecular formula is C18H18N4O2S. The molecule has 0 aliphatic carbocycles. The molecule has 25 heavy (non-hydrogen) atoms. The second-order valence-corrected chi connectivity index (χ2v) is 6.98. The number of aromatic nitrogens is 3. The van der Waals surface area contributed by atoms with Crippen LogP contribution in [0.4, 0.5) is 10.9 Å². The van der Waals surface area contributed by atoms with Crippen LogP contribution in [0.25, 0.3) is 10.6 Å². The maximum Gasteiger partial charge on any atom is 0.215 e. The second-order valence-electron chi connectivity index (χ2n) is 5.95. The van der Waals surface area contributed by atoms with Gasteiger partial charge in [-0.2, -0.15) is 4.98 Å². The van der Waals surface area contributed by atoms with Gasteiger partial charge in [0.05, 0.1) is 30.4 Å². The summed E-state index contributed by atoms with van der Waals surface area (Å²) in [6.45, 7) is 4.20. The highest BCUT2D eigenvalue weighted by Gasteiger charge is 2.19. The predicted molar refractivity (Wildman–Crippen MR) is 97.4 cm³/mol. The Morgan fingerprint density at radius 3 is 2.96 bits per heavy atom. The van der Waals surface area contributed by atoms with Crippen molar-refractivity contribution in [3.05, 3.63) is 48.3 Å². The van der Waals surface area contributed by atoms with E-state index in [4.69, 9.17) is 9.47 Å². The van der Waals surface area contributed by atoms with Gasteiger partial charge in [0.2, 0.25) is 5.88 Å². The quantitative estimate of drug-likeness (QED) is 0.728. The first-order chi connectivity index (χ1) is 12.3. The molecule has 1 aliphatic heterocycles. The van der Waals surface area contributed by atoms with Crippen LogP contribution in [0, 0.1) is 12.8 Å². The number of nitrogens with zero attached hydrogens (tertiary/aromatic N) is 3. The number of hydrogen-bond donors (Lipinski definition) is 1. The lowest BCUT2D eigenvalue weighted by atomic mass is 10.1.